The van der Waals surface area contributed by atoms with E-state index in [0.29, 0.717) is 23.3 Å². The Balaban J connectivity index is 1.96. The molecule has 0 fully saturated rings. The van der Waals surface area contributed by atoms with Gasteiger partial charge < -0.3 is 9.47 Å². The van der Waals surface area contributed by atoms with E-state index in [9.17, 15) is 4.39 Å². The second-order valence-corrected chi connectivity index (χ2v) is 7.45. The summed E-state index contributed by atoms with van der Waals surface area (Å²) in [4.78, 5) is 8.80. The van der Waals surface area contributed by atoms with Crippen molar-refractivity contribution in [3.8, 4) is 34.4 Å². The van der Waals surface area contributed by atoms with Gasteiger partial charge in [-0.2, -0.15) is 14.6 Å². The predicted molar refractivity (Wildman–Crippen MR) is 113 cm³/mol. The topological polar surface area (TPSA) is 61.5 Å². The third-order valence-corrected chi connectivity index (χ3v) is 4.33. The number of pyridine rings is 1. The minimum Gasteiger partial charge on any atom is -0.475 e. The van der Waals surface area contributed by atoms with Gasteiger partial charge in [-0.25, -0.2) is 9.37 Å². The van der Waals surface area contributed by atoms with E-state index >= 15 is 0 Å². The Morgan fingerprint density at radius 2 is 1.63 bits per heavy atom. The van der Waals surface area contributed by atoms with Crippen LogP contribution in [0.15, 0.2) is 54.7 Å². The SMILES string of the molecule is CC(C)Oc1nccc(-c2c(-c3ccc(F)cc3)nn3c(OC(C)C)cccc23)n1. The Labute approximate surface area is 174 Å². The third-order valence-electron chi connectivity index (χ3n) is 4.33. The summed E-state index contributed by atoms with van der Waals surface area (Å²) in [5.74, 6) is 0.312. The molecule has 0 spiro atoms. The lowest BCUT2D eigenvalue weighted by molar-refractivity contribution is 0.222. The maximum Gasteiger partial charge on any atom is 0.317 e. The molecule has 0 atom stereocenters. The number of nitrogens with zero attached hydrogens (tertiary/aromatic N) is 4. The molecule has 0 saturated heterocycles. The highest BCUT2D eigenvalue weighted by atomic mass is 19.1. The molecule has 0 N–H and O–H groups in total. The van der Waals surface area contributed by atoms with E-state index in [0.717, 1.165) is 16.6 Å². The van der Waals surface area contributed by atoms with Gasteiger partial charge in [0, 0.05) is 17.8 Å². The van der Waals surface area contributed by atoms with Crippen LogP contribution in [0.5, 0.6) is 11.9 Å². The first-order valence-corrected chi connectivity index (χ1v) is 9.87. The van der Waals surface area contributed by atoms with Gasteiger partial charge in [0.1, 0.15) is 11.5 Å². The fraction of sp³-hybridized carbons (Fsp3) is 0.261. The van der Waals surface area contributed by atoms with Crippen molar-refractivity contribution in [3.63, 3.8) is 0 Å². The zero-order chi connectivity index (χ0) is 21.3. The number of fused-ring (bicyclic) bond motifs is 1. The van der Waals surface area contributed by atoms with Crippen LogP contribution < -0.4 is 9.47 Å². The first-order chi connectivity index (χ1) is 14.4. The second-order valence-electron chi connectivity index (χ2n) is 7.45. The summed E-state index contributed by atoms with van der Waals surface area (Å²) >= 11 is 0. The summed E-state index contributed by atoms with van der Waals surface area (Å²) in [7, 11) is 0. The molecule has 0 aliphatic carbocycles. The monoisotopic (exact) mass is 406 g/mol. The molecule has 0 aliphatic rings. The summed E-state index contributed by atoms with van der Waals surface area (Å²) in [6.07, 6.45) is 1.60. The van der Waals surface area contributed by atoms with Gasteiger partial charge >= 0.3 is 6.01 Å². The summed E-state index contributed by atoms with van der Waals surface area (Å²) in [6, 6.07) is 14.1. The molecule has 0 aliphatic heterocycles. The molecule has 154 valence electrons. The number of benzene rings is 1. The van der Waals surface area contributed by atoms with E-state index in [1.807, 2.05) is 52.0 Å². The Morgan fingerprint density at radius 3 is 2.33 bits per heavy atom. The van der Waals surface area contributed by atoms with Gasteiger partial charge in [0.2, 0.25) is 5.88 Å². The summed E-state index contributed by atoms with van der Waals surface area (Å²) in [6.45, 7) is 7.77. The normalized spacial score (nSPS) is 11.4. The predicted octanol–water partition coefficient (Wildman–Crippen LogP) is 5.17. The second kappa shape index (κ2) is 8.10. The minimum absolute atomic E-state index is 0.0115. The number of hydrogen-bond acceptors (Lipinski definition) is 5. The molecule has 30 heavy (non-hydrogen) atoms. The van der Waals surface area contributed by atoms with E-state index < -0.39 is 0 Å². The molecule has 4 aromatic rings. The first-order valence-electron chi connectivity index (χ1n) is 9.87. The lowest BCUT2D eigenvalue weighted by Gasteiger charge is -2.11. The van der Waals surface area contributed by atoms with Gasteiger partial charge in [0.05, 0.1) is 29.0 Å². The Kier molecular flexibility index (Phi) is 5.35. The van der Waals surface area contributed by atoms with Crippen LogP contribution in [0.2, 0.25) is 0 Å². The first kappa shape index (κ1) is 19.8. The van der Waals surface area contributed by atoms with E-state index in [-0.39, 0.29) is 18.0 Å². The van der Waals surface area contributed by atoms with Gasteiger partial charge in [0.15, 0.2) is 0 Å². The van der Waals surface area contributed by atoms with Crippen LogP contribution in [0.1, 0.15) is 27.7 Å². The Morgan fingerprint density at radius 1 is 0.900 bits per heavy atom. The van der Waals surface area contributed by atoms with Crippen molar-refractivity contribution in [2.24, 2.45) is 0 Å². The summed E-state index contributed by atoms with van der Waals surface area (Å²) < 4.78 is 26.9. The largest absolute Gasteiger partial charge is 0.475 e. The molecule has 3 heterocycles. The van der Waals surface area contributed by atoms with E-state index in [2.05, 4.69) is 9.97 Å². The van der Waals surface area contributed by atoms with Crippen molar-refractivity contribution in [1.82, 2.24) is 19.6 Å². The maximum atomic E-state index is 13.5. The van der Waals surface area contributed by atoms with Gasteiger partial charge in [0.25, 0.3) is 0 Å². The highest BCUT2D eigenvalue weighted by Crippen LogP contribution is 2.36. The van der Waals surface area contributed by atoms with Gasteiger partial charge in [-0.1, -0.05) is 6.07 Å². The Hall–Kier alpha value is -3.48. The van der Waals surface area contributed by atoms with E-state index in [1.54, 1.807) is 22.8 Å². The molecule has 0 radical (unpaired) electrons. The van der Waals surface area contributed by atoms with Crippen LogP contribution in [0, 0.1) is 5.82 Å². The molecule has 7 heteroatoms. The Bertz CT molecular complexity index is 1170. The summed E-state index contributed by atoms with van der Waals surface area (Å²) in [5, 5.41) is 4.80. The van der Waals surface area contributed by atoms with Crippen LogP contribution >= 0.6 is 0 Å². The quantitative estimate of drug-likeness (QED) is 0.442. The van der Waals surface area contributed by atoms with Gasteiger partial charge in [-0.15, -0.1) is 0 Å². The minimum atomic E-state index is -0.303. The van der Waals surface area contributed by atoms with Gasteiger partial charge in [-0.3, -0.25) is 0 Å². The molecule has 0 saturated carbocycles. The zero-order valence-corrected chi connectivity index (χ0v) is 17.3. The molecule has 0 bridgehead atoms. The highest BCUT2D eigenvalue weighted by molar-refractivity contribution is 5.91. The van der Waals surface area contributed by atoms with E-state index in [4.69, 9.17) is 14.6 Å². The van der Waals surface area contributed by atoms with Crippen LogP contribution in [0.4, 0.5) is 4.39 Å². The molecule has 3 aromatic heterocycles. The number of hydrogen-bond donors (Lipinski definition) is 0. The van der Waals surface area contributed by atoms with Crippen molar-refractivity contribution < 1.29 is 13.9 Å². The average molecular weight is 406 g/mol. The standard InChI is InChI=1S/C23H23FN4O2/c1-14(2)29-20-7-5-6-19-21(18-12-13-25-23(26-18)30-15(3)4)22(27-28(19)20)16-8-10-17(24)11-9-16/h5-15H,1-4H3. The van der Waals surface area contributed by atoms with Crippen molar-refractivity contribution >= 4 is 5.52 Å². The third kappa shape index (κ3) is 3.96. The molecule has 6 nitrogen and oxygen atoms in total. The van der Waals surface area contributed by atoms with Gasteiger partial charge in [-0.05, 0) is 64.1 Å². The van der Waals surface area contributed by atoms with Crippen LogP contribution in [0.25, 0.3) is 28.0 Å². The molecule has 0 amide bonds. The molecular weight excluding hydrogens is 383 g/mol. The van der Waals surface area contributed by atoms with E-state index in [1.165, 1.54) is 12.1 Å². The van der Waals surface area contributed by atoms with Crippen LogP contribution in [-0.4, -0.2) is 31.8 Å². The fourth-order valence-corrected chi connectivity index (χ4v) is 3.19. The molecule has 4 rings (SSSR count). The number of halogens is 1. The number of rotatable bonds is 6. The van der Waals surface area contributed by atoms with Crippen molar-refractivity contribution in [3.05, 3.63) is 60.5 Å². The molecular formula is C23H23FN4O2. The average Bonchev–Trinajstić information content (AvgIpc) is 3.08. The number of ether oxygens (including phenoxy) is 2. The molecule has 1 aromatic carbocycles. The van der Waals surface area contributed by atoms with Crippen LogP contribution in [0.3, 0.4) is 0 Å². The lowest BCUT2D eigenvalue weighted by atomic mass is 10.0. The van der Waals surface area contributed by atoms with Crippen molar-refractivity contribution in [2.75, 3.05) is 0 Å². The fourth-order valence-electron chi connectivity index (χ4n) is 3.19. The van der Waals surface area contributed by atoms with Crippen LogP contribution in [-0.2, 0) is 0 Å². The van der Waals surface area contributed by atoms with Crippen molar-refractivity contribution in [1.29, 1.82) is 0 Å². The van der Waals surface area contributed by atoms with Crippen molar-refractivity contribution in [2.45, 2.75) is 39.9 Å². The molecule has 0 unspecified atom stereocenters. The summed E-state index contributed by atoms with van der Waals surface area (Å²) in [5.41, 5.74) is 3.73. The maximum absolute atomic E-state index is 13.5. The zero-order valence-electron chi connectivity index (χ0n) is 17.3. The lowest BCUT2D eigenvalue weighted by Crippen LogP contribution is -2.09. The smallest absolute Gasteiger partial charge is 0.317 e. The number of aromatic nitrogens is 4. The highest BCUT2D eigenvalue weighted by Gasteiger charge is 2.20.